The number of fused-ring (bicyclic) bond motifs is 12. The first kappa shape index (κ1) is 34.3. The number of furan rings is 1. The van der Waals surface area contributed by atoms with Gasteiger partial charge in [-0.15, -0.1) is 22.7 Å². The minimum absolute atomic E-state index is 0.0824. The van der Waals surface area contributed by atoms with E-state index in [-0.39, 0.29) is 5.41 Å². The fraction of sp³-hybridized carbons (Fsp3) is 0.0741. The Balaban J connectivity index is 1.10. The highest BCUT2D eigenvalue weighted by molar-refractivity contribution is 7.26. The van der Waals surface area contributed by atoms with E-state index in [0.717, 1.165) is 40.8 Å². The Bertz CT molecular complexity index is 3750. The Hall–Kier alpha value is -6.60. The van der Waals surface area contributed by atoms with Crippen molar-refractivity contribution < 1.29 is 4.42 Å². The van der Waals surface area contributed by atoms with Gasteiger partial charge in [0.05, 0.1) is 11.8 Å². The summed E-state index contributed by atoms with van der Waals surface area (Å²) in [6, 6.07) is 56.5. The van der Waals surface area contributed by atoms with Crippen molar-refractivity contribution in [1.29, 1.82) is 0 Å². The minimum Gasteiger partial charge on any atom is -0.464 e. The van der Waals surface area contributed by atoms with Crippen LogP contribution in [-0.2, 0) is 5.41 Å². The second-order valence-electron chi connectivity index (χ2n) is 17.4. The van der Waals surface area contributed by atoms with Crippen LogP contribution in [-0.4, -0.2) is 11.8 Å². The zero-order valence-corrected chi connectivity index (χ0v) is 35.0. The van der Waals surface area contributed by atoms with Gasteiger partial charge in [-0.05, 0) is 88.2 Å². The van der Waals surface area contributed by atoms with Crippen molar-refractivity contribution in [2.75, 3.05) is 5.32 Å². The summed E-state index contributed by atoms with van der Waals surface area (Å²) < 4.78 is 14.2. The van der Waals surface area contributed by atoms with E-state index in [9.17, 15) is 0 Å². The van der Waals surface area contributed by atoms with Crippen LogP contribution in [0.5, 0.6) is 0 Å². The molecule has 0 spiro atoms. The molecule has 1 N–H and O–H groups in total. The first-order valence-corrected chi connectivity index (χ1v) is 22.3. The molecule has 0 saturated heterocycles. The highest BCUT2D eigenvalue weighted by Crippen LogP contribution is 2.45. The Morgan fingerprint density at radius 2 is 1.25 bits per heavy atom. The molecule has 0 bridgehead atoms. The van der Waals surface area contributed by atoms with Gasteiger partial charge < -0.3 is 14.3 Å². The van der Waals surface area contributed by atoms with Gasteiger partial charge in [0.1, 0.15) is 5.58 Å². The lowest BCUT2D eigenvalue weighted by Gasteiger charge is -2.24. The number of aromatic nitrogens is 1. The van der Waals surface area contributed by atoms with E-state index in [1.165, 1.54) is 95.5 Å². The Morgan fingerprint density at radius 3 is 2.00 bits per heavy atom. The molecule has 3 nitrogen and oxygen atoms in total. The highest BCUT2D eigenvalue weighted by Gasteiger charge is 2.29. The predicted molar refractivity (Wildman–Crippen MR) is 262 cm³/mol. The fourth-order valence-corrected chi connectivity index (χ4v) is 12.1. The standard InChI is InChI=1S/C54H37BN2OS2/c1-54(2,3)31-17-19-32(20-18-31)56-44-28-51-40(33-13-7-9-15-48(33)60-51)23-37(44)35-21-22-36-38-26-50-41(34-14-8-10-16-49(34)59-50)25-45(38)57-46-24-39-42(30-11-5-4-6-12-30)29-58-47(39)27-43(46)55-52(35)53(36)57/h4-29,55-56H,1-3H3. The molecule has 5 heterocycles. The van der Waals surface area contributed by atoms with Crippen molar-refractivity contribution in [1.82, 2.24) is 4.57 Å². The van der Waals surface area contributed by atoms with E-state index in [2.05, 4.69) is 182 Å². The van der Waals surface area contributed by atoms with Gasteiger partial charge >= 0.3 is 0 Å². The van der Waals surface area contributed by atoms with Gasteiger partial charge in [-0.3, -0.25) is 0 Å². The van der Waals surface area contributed by atoms with Crippen LogP contribution in [0.4, 0.5) is 11.4 Å². The van der Waals surface area contributed by atoms with Gasteiger partial charge in [-0.1, -0.05) is 117 Å². The van der Waals surface area contributed by atoms with Crippen LogP contribution in [0.25, 0.3) is 101 Å². The zero-order valence-electron chi connectivity index (χ0n) is 33.4. The molecule has 6 heteroatoms. The summed E-state index contributed by atoms with van der Waals surface area (Å²) in [5, 5.41) is 12.9. The van der Waals surface area contributed by atoms with E-state index in [1.807, 2.05) is 28.9 Å². The molecule has 0 radical (unpaired) electrons. The maximum atomic E-state index is 6.39. The van der Waals surface area contributed by atoms with Crippen molar-refractivity contribution in [2.45, 2.75) is 26.2 Å². The molecular formula is C54H37BN2OS2. The molecule has 0 aliphatic carbocycles. The minimum atomic E-state index is 0.0824. The van der Waals surface area contributed by atoms with Gasteiger partial charge in [0.25, 0.3) is 0 Å². The summed E-state index contributed by atoms with van der Waals surface area (Å²) in [5.41, 5.74) is 15.6. The Kier molecular flexibility index (Phi) is 7.12. The summed E-state index contributed by atoms with van der Waals surface area (Å²) >= 11 is 3.75. The van der Waals surface area contributed by atoms with Gasteiger partial charge in [-0.2, -0.15) is 0 Å². The van der Waals surface area contributed by atoms with Crippen molar-refractivity contribution in [3.8, 4) is 27.9 Å². The maximum absolute atomic E-state index is 6.39. The number of hydrogen-bond donors (Lipinski definition) is 1. The van der Waals surface area contributed by atoms with E-state index in [1.54, 1.807) is 0 Å². The number of rotatable bonds is 4. The fourth-order valence-electron chi connectivity index (χ4n) is 9.86. The number of thiophene rings is 2. The normalized spacial score (nSPS) is 12.7. The molecule has 1 aliphatic heterocycles. The van der Waals surface area contributed by atoms with E-state index in [4.69, 9.17) is 4.42 Å². The van der Waals surface area contributed by atoms with Crippen molar-refractivity contribution >= 4 is 125 Å². The van der Waals surface area contributed by atoms with Crippen LogP contribution in [0.2, 0.25) is 0 Å². The molecule has 0 atom stereocenters. The smallest absolute Gasteiger partial charge is 0.198 e. The summed E-state index contributed by atoms with van der Waals surface area (Å²) in [6.07, 6.45) is 1.93. The zero-order chi connectivity index (χ0) is 39.9. The number of anilines is 2. The van der Waals surface area contributed by atoms with Crippen LogP contribution >= 0.6 is 22.7 Å². The molecule has 60 heavy (non-hydrogen) atoms. The number of hydrogen-bond acceptors (Lipinski definition) is 4. The van der Waals surface area contributed by atoms with Gasteiger partial charge in [-0.25, -0.2) is 0 Å². The van der Waals surface area contributed by atoms with Crippen LogP contribution in [0, 0.1) is 0 Å². The third kappa shape index (κ3) is 5.01. The second kappa shape index (κ2) is 12.5. The molecule has 13 rings (SSSR count). The number of nitrogens with one attached hydrogen (secondary N) is 1. The van der Waals surface area contributed by atoms with Gasteiger partial charge in [0.15, 0.2) is 7.28 Å². The molecule has 1 aliphatic rings. The average Bonchev–Trinajstić information content (AvgIpc) is 4.03. The maximum Gasteiger partial charge on any atom is 0.198 e. The molecule has 12 aromatic rings. The SMILES string of the molecule is CC(C)(C)c1ccc(Nc2cc3sc4ccccc4c3cc2-c2ccc3c4cc5sc6ccccc6c5cc4n4c3c2Bc2cc3occ(-c5ccccc5)c3cc2-4)cc1. The van der Waals surface area contributed by atoms with E-state index >= 15 is 0 Å². The largest absolute Gasteiger partial charge is 0.464 e. The number of benzene rings is 8. The van der Waals surface area contributed by atoms with Crippen LogP contribution in [0.1, 0.15) is 26.3 Å². The summed E-state index contributed by atoms with van der Waals surface area (Å²) in [4.78, 5) is 0. The van der Waals surface area contributed by atoms with Crippen LogP contribution in [0.15, 0.2) is 162 Å². The molecule has 0 fully saturated rings. The Labute approximate surface area is 355 Å². The third-order valence-corrected chi connectivity index (χ3v) is 15.1. The van der Waals surface area contributed by atoms with Crippen LogP contribution in [0.3, 0.4) is 0 Å². The van der Waals surface area contributed by atoms with Crippen molar-refractivity contribution in [3.63, 3.8) is 0 Å². The third-order valence-electron chi connectivity index (χ3n) is 12.8. The summed E-state index contributed by atoms with van der Waals surface area (Å²) in [7, 11) is 0.787. The van der Waals surface area contributed by atoms with Gasteiger partial charge in [0.2, 0.25) is 0 Å². The molecule has 0 amide bonds. The molecular weight excluding hydrogens is 768 g/mol. The quantitative estimate of drug-likeness (QED) is 0.180. The lowest BCUT2D eigenvalue weighted by atomic mass is 9.59. The molecule has 8 aromatic carbocycles. The van der Waals surface area contributed by atoms with Crippen LogP contribution < -0.4 is 16.2 Å². The summed E-state index contributed by atoms with van der Waals surface area (Å²) in [5.74, 6) is 0. The molecule has 4 aromatic heterocycles. The first-order chi connectivity index (χ1) is 29.3. The predicted octanol–water partition coefficient (Wildman–Crippen LogP) is 14.3. The first-order valence-electron chi connectivity index (χ1n) is 20.7. The van der Waals surface area contributed by atoms with Gasteiger partial charge in [0, 0.05) is 90.2 Å². The summed E-state index contributed by atoms with van der Waals surface area (Å²) in [6.45, 7) is 6.81. The topological polar surface area (TPSA) is 30.1 Å². The van der Waals surface area contributed by atoms with Crippen molar-refractivity contribution in [3.05, 3.63) is 163 Å². The van der Waals surface area contributed by atoms with E-state index in [0.29, 0.717) is 0 Å². The lowest BCUT2D eigenvalue weighted by Crippen LogP contribution is -2.37. The second-order valence-corrected chi connectivity index (χ2v) is 19.6. The monoisotopic (exact) mass is 804 g/mol. The molecule has 0 saturated carbocycles. The number of nitrogens with zero attached hydrogens (tertiary/aromatic N) is 1. The highest BCUT2D eigenvalue weighted by atomic mass is 32.1. The molecule has 284 valence electrons. The average molecular weight is 805 g/mol. The lowest BCUT2D eigenvalue weighted by molar-refractivity contribution is 0.590. The van der Waals surface area contributed by atoms with Crippen molar-refractivity contribution in [2.24, 2.45) is 0 Å². The Morgan fingerprint density at radius 1 is 0.550 bits per heavy atom. The van der Waals surface area contributed by atoms with E-state index < -0.39 is 0 Å². The molecule has 0 unspecified atom stereocenters.